The van der Waals surface area contributed by atoms with Crippen LogP contribution in [-0.2, 0) is 16.0 Å². The minimum Gasteiger partial charge on any atom is -0.345 e. The Morgan fingerprint density at radius 2 is 1.88 bits per heavy atom. The van der Waals surface area contributed by atoms with Crippen LogP contribution in [0.15, 0.2) is 30.3 Å². The molecular formula is C20H27N3O2. The summed E-state index contributed by atoms with van der Waals surface area (Å²) in [7, 11) is 1.79. The number of carbonyl (C=O) groups excluding carboxylic acids is 2. The molecule has 3 fully saturated rings. The van der Waals surface area contributed by atoms with Gasteiger partial charge in [-0.15, -0.1) is 0 Å². The van der Waals surface area contributed by atoms with E-state index in [1.165, 1.54) is 18.4 Å². The smallest absolute Gasteiger partial charge is 0.228 e. The van der Waals surface area contributed by atoms with Gasteiger partial charge in [0.2, 0.25) is 11.8 Å². The maximum atomic E-state index is 13.1. The highest BCUT2D eigenvalue weighted by molar-refractivity contribution is 5.89. The van der Waals surface area contributed by atoms with Gasteiger partial charge in [-0.25, -0.2) is 0 Å². The van der Waals surface area contributed by atoms with E-state index < -0.39 is 0 Å². The van der Waals surface area contributed by atoms with Gasteiger partial charge >= 0.3 is 0 Å². The van der Waals surface area contributed by atoms with Crippen molar-refractivity contribution in [1.29, 1.82) is 0 Å². The number of piperazine rings is 1. The van der Waals surface area contributed by atoms with E-state index in [0.29, 0.717) is 13.0 Å². The molecule has 5 nitrogen and oxygen atoms in total. The number of likely N-dealkylation sites (tertiary alicyclic amines) is 1. The summed E-state index contributed by atoms with van der Waals surface area (Å²) in [4.78, 5) is 31.3. The van der Waals surface area contributed by atoms with E-state index in [0.717, 1.165) is 32.1 Å². The summed E-state index contributed by atoms with van der Waals surface area (Å²) in [6.07, 6.45) is 3.87. The summed E-state index contributed by atoms with van der Waals surface area (Å²) in [5.41, 5.74) is 1.28. The normalized spacial score (nSPS) is 27.8. The lowest BCUT2D eigenvalue weighted by Gasteiger charge is -2.42. The largest absolute Gasteiger partial charge is 0.345 e. The number of hydrogen-bond donors (Lipinski definition) is 0. The molecule has 2 saturated heterocycles. The zero-order valence-electron chi connectivity index (χ0n) is 14.9. The number of rotatable bonds is 4. The van der Waals surface area contributed by atoms with Crippen LogP contribution in [-0.4, -0.2) is 71.8 Å². The fourth-order valence-electron chi connectivity index (χ4n) is 4.27. The van der Waals surface area contributed by atoms with Crippen LogP contribution < -0.4 is 0 Å². The van der Waals surface area contributed by atoms with E-state index in [1.807, 2.05) is 6.07 Å². The van der Waals surface area contributed by atoms with Crippen molar-refractivity contribution >= 4 is 11.8 Å². The van der Waals surface area contributed by atoms with Crippen LogP contribution in [0.3, 0.4) is 0 Å². The van der Waals surface area contributed by atoms with Crippen LogP contribution in [0.25, 0.3) is 0 Å². The van der Waals surface area contributed by atoms with Crippen LogP contribution in [0, 0.1) is 5.92 Å². The summed E-state index contributed by atoms with van der Waals surface area (Å²) in [5, 5.41) is 0. The standard InChI is InChI=1S/C20H27N3O2/c1-21-13-16(12-19(21)24)20(25)23-10-9-22(17-7-8-17)14-18(23)11-15-5-3-2-4-6-15/h2-6,16-18H,7-14H2,1H3. The van der Waals surface area contributed by atoms with Crippen molar-refractivity contribution in [3.05, 3.63) is 35.9 Å². The molecule has 0 radical (unpaired) electrons. The first-order valence-electron chi connectivity index (χ1n) is 9.44. The van der Waals surface area contributed by atoms with Gasteiger partial charge in [-0.2, -0.15) is 0 Å². The highest BCUT2D eigenvalue weighted by Gasteiger charge is 2.41. The monoisotopic (exact) mass is 341 g/mol. The third kappa shape index (κ3) is 3.56. The Balaban J connectivity index is 1.49. The molecule has 3 aliphatic rings. The van der Waals surface area contributed by atoms with Crippen LogP contribution in [0.4, 0.5) is 0 Å². The van der Waals surface area contributed by atoms with E-state index >= 15 is 0 Å². The first-order chi connectivity index (χ1) is 12.1. The van der Waals surface area contributed by atoms with E-state index in [-0.39, 0.29) is 23.8 Å². The number of carbonyl (C=O) groups is 2. The van der Waals surface area contributed by atoms with Gasteiger partial charge in [-0.05, 0) is 24.8 Å². The molecule has 1 saturated carbocycles. The molecule has 2 amide bonds. The molecule has 134 valence electrons. The van der Waals surface area contributed by atoms with E-state index in [9.17, 15) is 9.59 Å². The molecule has 5 heteroatoms. The Hall–Kier alpha value is -1.88. The molecule has 0 aromatic heterocycles. The predicted octanol–water partition coefficient (Wildman–Crippen LogP) is 1.38. The second-order valence-electron chi connectivity index (χ2n) is 7.78. The van der Waals surface area contributed by atoms with Gasteiger partial charge < -0.3 is 9.80 Å². The molecule has 2 aliphatic heterocycles. The second-order valence-corrected chi connectivity index (χ2v) is 7.78. The average molecular weight is 341 g/mol. The summed E-state index contributed by atoms with van der Waals surface area (Å²) < 4.78 is 0. The molecular weight excluding hydrogens is 314 g/mol. The second kappa shape index (κ2) is 6.79. The molecule has 1 aromatic rings. The SMILES string of the molecule is CN1CC(C(=O)N2CCN(C3CC3)CC2Cc2ccccc2)CC1=O. The summed E-state index contributed by atoms with van der Waals surface area (Å²) in [6, 6.07) is 11.4. The van der Waals surface area contributed by atoms with Crippen LogP contribution >= 0.6 is 0 Å². The first-order valence-corrected chi connectivity index (χ1v) is 9.44. The van der Waals surface area contributed by atoms with Gasteiger partial charge in [0.25, 0.3) is 0 Å². The van der Waals surface area contributed by atoms with Gasteiger partial charge in [0.15, 0.2) is 0 Å². The maximum absolute atomic E-state index is 13.1. The van der Waals surface area contributed by atoms with Gasteiger partial charge in [0.05, 0.1) is 5.92 Å². The fraction of sp³-hybridized carbons (Fsp3) is 0.600. The lowest BCUT2D eigenvalue weighted by molar-refractivity contribution is -0.140. The molecule has 0 N–H and O–H groups in total. The van der Waals surface area contributed by atoms with Crippen molar-refractivity contribution in [3.8, 4) is 0 Å². The summed E-state index contributed by atoms with van der Waals surface area (Å²) in [6.45, 7) is 3.29. The molecule has 2 unspecified atom stereocenters. The van der Waals surface area contributed by atoms with Gasteiger partial charge in [-0.3, -0.25) is 14.5 Å². The Labute approximate surface area is 149 Å². The lowest BCUT2D eigenvalue weighted by atomic mass is 9.99. The van der Waals surface area contributed by atoms with Crippen molar-refractivity contribution in [3.63, 3.8) is 0 Å². The van der Waals surface area contributed by atoms with Gasteiger partial charge in [0.1, 0.15) is 0 Å². The minimum absolute atomic E-state index is 0.0922. The van der Waals surface area contributed by atoms with E-state index in [4.69, 9.17) is 0 Å². The quantitative estimate of drug-likeness (QED) is 0.831. The predicted molar refractivity (Wildman–Crippen MR) is 96.0 cm³/mol. The highest BCUT2D eigenvalue weighted by atomic mass is 16.2. The third-order valence-corrected chi connectivity index (χ3v) is 5.86. The molecule has 0 spiro atoms. The topological polar surface area (TPSA) is 43.9 Å². The Morgan fingerprint density at radius 1 is 1.12 bits per heavy atom. The minimum atomic E-state index is -0.164. The van der Waals surface area contributed by atoms with Crippen LogP contribution in [0.2, 0.25) is 0 Å². The Bertz CT molecular complexity index is 644. The zero-order valence-corrected chi connectivity index (χ0v) is 14.9. The molecule has 2 atom stereocenters. The van der Waals surface area contributed by atoms with Gasteiger partial charge in [-0.1, -0.05) is 30.3 Å². The first kappa shape index (κ1) is 16.6. The maximum Gasteiger partial charge on any atom is 0.228 e. The molecule has 2 heterocycles. The number of amides is 2. The summed E-state index contributed by atoms with van der Waals surface area (Å²) >= 11 is 0. The molecule has 25 heavy (non-hydrogen) atoms. The van der Waals surface area contributed by atoms with E-state index in [1.54, 1.807) is 11.9 Å². The Kier molecular flexibility index (Phi) is 4.50. The zero-order chi connectivity index (χ0) is 17.4. The van der Waals surface area contributed by atoms with Crippen LogP contribution in [0.5, 0.6) is 0 Å². The van der Waals surface area contributed by atoms with Crippen molar-refractivity contribution in [2.24, 2.45) is 5.92 Å². The van der Waals surface area contributed by atoms with E-state index in [2.05, 4.69) is 34.1 Å². The fourth-order valence-corrected chi connectivity index (χ4v) is 4.27. The van der Waals surface area contributed by atoms with Gasteiger partial charge in [0, 0.05) is 51.7 Å². The molecule has 0 bridgehead atoms. The van der Waals surface area contributed by atoms with Crippen molar-refractivity contribution in [2.45, 2.75) is 37.8 Å². The van der Waals surface area contributed by atoms with Crippen molar-refractivity contribution < 1.29 is 9.59 Å². The highest BCUT2D eigenvalue weighted by Crippen LogP contribution is 2.30. The van der Waals surface area contributed by atoms with Crippen LogP contribution in [0.1, 0.15) is 24.8 Å². The third-order valence-electron chi connectivity index (χ3n) is 5.86. The number of hydrogen-bond acceptors (Lipinski definition) is 3. The average Bonchev–Trinajstić information content (AvgIpc) is 3.41. The lowest BCUT2D eigenvalue weighted by Crippen LogP contribution is -2.57. The molecule has 1 aromatic carbocycles. The molecule has 1 aliphatic carbocycles. The van der Waals surface area contributed by atoms with Crippen molar-refractivity contribution in [1.82, 2.24) is 14.7 Å². The molecule has 4 rings (SSSR count). The number of nitrogens with zero attached hydrogens (tertiary/aromatic N) is 3. The Morgan fingerprint density at radius 3 is 2.52 bits per heavy atom. The summed E-state index contributed by atoms with van der Waals surface area (Å²) in [5.74, 6) is 0.104. The van der Waals surface area contributed by atoms with Crippen molar-refractivity contribution in [2.75, 3.05) is 33.2 Å². The number of benzene rings is 1.